The molecule has 1 radical (unpaired) electrons. The van der Waals surface area contributed by atoms with Crippen LogP contribution in [0.4, 0.5) is 0 Å². The van der Waals surface area contributed by atoms with Crippen molar-refractivity contribution in [1.82, 2.24) is 19.9 Å². The van der Waals surface area contributed by atoms with E-state index < -0.39 is 0 Å². The summed E-state index contributed by atoms with van der Waals surface area (Å²) in [6, 6.07) is 35.4. The van der Waals surface area contributed by atoms with Crippen molar-refractivity contribution < 1.29 is 30.0 Å². The fraction of sp³-hybridized carbons (Fsp3) is 0.103. The first-order valence-electron chi connectivity index (χ1n) is 14.6. The minimum Gasteiger partial charge on any atom is -0.512 e. The Balaban J connectivity index is 0.000000149. The molecular weight excluding hydrogens is 749 g/mol. The number of fused-ring (bicyclic) bond motifs is 12. The number of aliphatic hydroxyl groups is 1. The van der Waals surface area contributed by atoms with Crippen molar-refractivity contribution in [3.63, 3.8) is 0 Å². The number of nitrogens with zero attached hydrogens (tertiary/aromatic N) is 4. The van der Waals surface area contributed by atoms with E-state index in [1.54, 1.807) is 0 Å². The van der Waals surface area contributed by atoms with E-state index in [1.807, 2.05) is 62.6 Å². The van der Waals surface area contributed by atoms with Gasteiger partial charge < -0.3 is 15.1 Å². The molecule has 0 saturated carbocycles. The molecule has 0 aliphatic heterocycles. The Morgan fingerprint density at radius 1 is 0.609 bits per heavy atom. The van der Waals surface area contributed by atoms with E-state index in [-0.39, 0.29) is 31.6 Å². The second-order valence-electron chi connectivity index (χ2n) is 10.8. The van der Waals surface area contributed by atoms with Gasteiger partial charge in [-0.15, -0.1) is 59.3 Å². The normalized spacial score (nSPS) is 11.2. The van der Waals surface area contributed by atoms with Crippen molar-refractivity contribution in [2.45, 2.75) is 27.7 Å². The molecule has 0 unspecified atom stereocenters. The fourth-order valence-electron chi connectivity index (χ4n) is 5.55. The Kier molecular flexibility index (Phi) is 9.76. The monoisotopic (exact) mass is 779 g/mol. The summed E-state index contributed by atoms with van der Waals surface area (Å²) in [6.07, 6.45) is 4.80. The van der Waals surface area contributed by atoms with Gasteiger partial charge in [0, 0.05) is 49.6 Å². The number of aromatic nitrogens is 4. The maximum Gasteiger partial charge on any atom is 0.155 e. The molecule has 2 aromatic heterocycles. The van der Waals surface area contributed by atoms with Crippen LogP contribution in [0.15, 0.2) is 109 Å². The number of aryl methyl sites for hydroxylation is 2. The van der Waals surface area contributed by atoms with Crippen molar-refractivity contribution in [1.29, 1.82) is 0 Å². The van der Waals surface area contributed by atoms with Crippen LogP contribution in [0.1, 0.15) is 25.2 Å². The number of rotatable bonds is 1. The zero-order valence-electron chi connectivity index (χ0n) is 25.8. The van der Waals surface area contributed by atoms with E-state index in [0.29, 0.717) is 0 Å². The van der Waals surface area contributed by atoms with Crippen molar-refractivity contribution >= 4 is 70.9 Å². The Bertz CT molecular complexity index is 2190. The Morgan fingerprint density at radius 3 is 1.37 bits per heavy atom. The van der Waals surface area contributed by atoms with Crippen LogP contribution >= 0.6 is 0 Å². The van der Waals surface area contributed by atoms with Gasteiger partial charge in [0.25, 0.3) is 0 Å². The molecule has 6 nitrogen and oxygen atoms in total. The van der Waals surface area contributed by atoms with Gasteiger partial charge in [0.2, 0.25) is 0 Å². The minimum atomic E-state index is -0.125. The van der Waals surface area contributed by atoms with Gasteiger partial charge in [0.1, 0.15) is 0 Å². The molecule has 0 saturated heterocycles. The molecule has 7 heteroatoms. The largest absolute Gasteiger partial charge is 0.512 e. The number of carbonyl (C=O) groups is 1. The quantitative estimate of drug-likeness (QED) is 0.0775. The van der Waals surface area contributed by atoms with Gasteiger partial charge >= 0.3 is 0 Å². The van der Waals surface area contributed by atoms with Gasteiger partial charge in [0.15, 0.2) is 5.78 Å². The number of hydrogen-bond acceptors (Lipinski definition) is 6. The molecule has 46 heavy (non-hydrogen) atoms. The van der Waals surface area contributed by atoms with Crippen LogP contribution < -0.4 is 0 Å². The van der Waals surface area contributed by atoms with Crippen molar-refractivity contribution in [2.75, 3.05) is 0 Å². The van der Waals surface area contributed by atoms with E-state index in [2.05, 4.69) is 80.6 Å². The molecule has 0 bridgehead atoms. The second kappa shape index (κ2) is 13.9. The van der Waals surface area contributed by atoms with Crippen LogP contribution in [-0.2, 0) is 24.9 Å². The predicted molar refractivity (Wildman–Crippen MR) is 183 cm³/mol. The van der Waals surface area contributed by atoms with Crippen molar-refractivity contribution in [3.8, 4) is 0 Å². The average Bonchev–Trinajstić information content (AvgIpc) is 3.05. The maximum atomic E-state index is 10.0. The summed E-state index contributed by atoms with van der Waals surface area (Å²) in [4.78, 5) is 28.5. The third kappa shape index (κ3) is 6.47. The minimum absolute atomic E-state index is 0. The van der Waals surface area contributed by atoms with E-state index in [9.17, 15) is 4.79 Å². The van der Waals surface area contributed by atoms with Crippen LogP contribution in [-0.4, -0.2) is 30.8 Å². The number of hydrogen-bond donors (Lipinski definition) is 1. The fourth-order valence-corrected chi connectivity index (χ4v) is 5.55. The number of carbonyl (C=O) groups excluding carboxylic acids is 1. The first-order chi connectivity index (χ1) is 21.8. The molecular formula is C39H30IrN4O2-2. The SMILES string of the molecule is CC(=O)C=C(C)O.Cc1cnc2c3[c-]cccc3c3ccccc3c2n1.Cc1cnc2c3[c-]cccc3c3ccccc3c2n1.[Ir]. The van der Waals surface area contributed by atoms with Crippen LogP contribution in [0.5, 0.6) is 0 Å². The number of allylic oxidation sites excluding steroid dienone is 2. The summed E-state index contributed by atoms with van der Waals surface area (Å²) in [5.74, 6) is -0.0625. The van der Waals surface area contributed by atoms with Crippen LogP contribution in [0, 0.1) is 26.0 Å². The average molecular weight is 779 g/mol. The summed E-state index contributed by atoms with van der Waals surface area (Å²) < 4.78 is 0. The molecule has 0 fully saturated rings. The van der Waals surface area contributed by atoms with E-state index in [1.165, 1.54) is 41.5 Å². The molecule has 8 aromatic rings. The van der Waals surface area contributed by atoms with Crippen LogP contribution in [0.25, 0.3) is 65.2 Å². The number of benzene rings is 6. The smallest absolute Gasteiger partial charge is 0.155 e. The van der Waals surface area contributed by atoms with Gasteiger partial charge in [-0.1, -0.05) is 70.1 Å². The molecule has 6 aromatic carbocycles. The molecule has 8 rings (SSSR count). The second-order valence-corrected chi connectivity index (χ2v) is 10.8. The van der Waals surface area contributed by atoms with Gasteiger partial charge in [-0.3, -0.25) is 14.8 Å². The Morgan fingerprint density at radius 2 is 1.00 bits per heavy atom. The summed E-state index contributed by atoms with van der Waals surface area (Å²) >= 11 is 0. The van der Waals surface area contributed by atoms with Crippen LogP contribution in [0.3, 0.4) is 0 Å². The standard InChI is InChI=1S/2C17H11N2.C5H8O2.Ir/c2*1-11-10-18-16-14-8-4-2-6-12(14)13-7-3-5-9-15(13)17(16)19-11;1-4(6)3-5(2)7;/h2*2-7,9-10H,1H3;3,6H,1-2H3;/q2*-1;;. The third-order valence-electron chi connectivity index (χ3n) is 7.33. The zero-order chi connectivity index (χ0) is 31.5. The predicted octanol–water partition coefficient (Wildman–Crippen LogP) is 9.12. The topological polar surface area (TPSA) is 88.9 Å². The van der Waals surface area contributed by atoms with E-state index in [0.717, 1.165) is 55.0 Å². The van der Waals surface area contributed by atoms with Gasteiger partial charge in [0.05, 0.1) is 28.2 Å². The molecule has 0 spiro atoms. The van der Waals surface area contributed by atoms with Crippen LogP contribution in [0.2, 0.25) is 0 Å². The van der Waals surface area contributed by atoms with E-state index in [4.69, 9.17) is 5.11 Å². The molecule has 0 aliphatic carbocycles. The van der Waals surface area contributed by atoms with Gasteiger partial charge in [-0.25, -0.2) is 0 Å². The summed E-state index contributed by atoms with van der Waals surface area (Å²) in [5.41, 5.74) is 5.66. The van der Waals surface area contributed by atoms with Crippen molar-refractivity contribution in [3.05, 3.63) is 133 Å². The van der Waals surface area contributed by atoms with Crippen molar-refractivity contribution in [2.24, 2.45) is 0 Å². The molecule has 0 amide bonds. The molecule has 0 atom stereocenters. The summed E-state index contributed by atoms with van der Waals surface area (Å²) in [6.45, 7) is 6.79. The van der Waals surface area contributed by atoms with Gasteiger partial charge in [-0.05, 0) is 38.5 Å². The Hall–Kier alpha value is -5.10. The molecule has 0 aliphatic rings. The molecule has 1 N–H and O–H groups in total. The zero-order valence-corrected chi connectivity index (χ0v) is 28.2. The Labute approximate surface area is 280 Å². The first-order valence-corrected chi connectivity index (χ1v) is 14.6. The summed E-state index contributed by atoms with van der Waals surface area (Å²) in [7, 11) is 0. The molecule has 2 heterocycles. The third-order valence-corrected chi connectivity index (χ3v) is 7.33. The number of ketones is 1. The first kappa shape index (κ1) is 32.3. The molecule has 229 valence electrons. The maximum absolute atomic E-state index is 10.0. The summed E-state index contributed by atoms with van der Waals surface area (Å²) in [5, 5.41) is 17.5. The van der Waals surface area contributed by atoms with Gasteiger partial charge in [-0.2, -0.15) is 0 Å². The van der Waals surface area contributed by atoms with E-state index >= 15 is 0 Å². The number of aliphatic hydroxyl groups excluding tert-OH is 1.